The van der Waals surface area contributed by atoms with Gasteiger partial charge in [0.15, 0.2) is 0 Å². The van der Waals surface area contributed by atoms with E-state index in [0.29, 0.717) is 0 Å². The third kappa shape index (κ3) is 5.49. The average molecular weight is 409 g/mol. The Balaban J connectivity index is 0.000000397. The molecule has 11 heteroatoms. The van der Waals surface area contributed by atoms with E-state index in [1.807, 2.05) is 18.2 Å². The predicted molar refractivity (Wildman–Crippen MR) is 97.0 cm³/mol. The number of methoxy groups -OCH3 is 1. The molecule has 1 aromatic carbocycles. The minimum absolute atomic E-state index is 0.0251. The van der Waals surface area contributed by atoms with Gasteiger partial charge in [0.25, 0.3) is 5.91 Å². The van der Waals surface area contributed by atoms with Crippen LogP contribution in [0.2, 0.25) is 0 Å². The summed E-state index contributed by atoms with van der Waals surface area (Å²) in [4.78, 5) is 27.2. The smallest absolute Gasteiger partial charge is 0.410 e. The van der Waals surface area contributed by atoms with Crippen LogP contribution in [0.5, 0.6) is 0 Å². The maximum Gasteiger partial charge on any atom is 0.410 e. The molecule has 10 nitrogen and oxygen atoms in total. The van der Waals surface area contributed by atoms with Gasteiger partial charge in [-0.15, -0.1) is 0 Å². The molecule has 0 radical (unpaired) electrons. The second-order valence-electron chi connectivity index (χ2n) is 5.53. The zero-order valence-corrected chi connectivity index (χ0v) is 15.7. The maximum absolute atomic E-state index is 11.8. The number of carbonyl (C=O) groups excluding carboxylic acids is 2. The van der Waals surface area contributed by atoms with Gasteiger partial charge in [-0.05, 0) is 17.7 Å². The molecule has 2 heterocycles. The second-order valence-corrected chi connectivity index (χ2v) is 6.87. The monoisotopic (exact) mass is 409 g/mol. The van der Waals surface area contributed by atoms with E-state index in [1.165, 1.54) is 0 Å². The van der Waals surface area contributed by atoms with Crippen molar-refractivity contribution < 1.29 is 32.0 Å². The van der Waals surface area contributed by atoms with Gasteiger partial charge in [-0.25, -0.2) is 9.10 Å². The first kappa shape index (κ1) is 21.3. The highest BCUT2D eigenvalue weighted by molar-refractivity contribution is 7.84. The molecule has 0 spiro atoms. The first-order chi connectivity index (χ1) is 13.3. The molecule has 2 aromatic rings. The number of alkyl carbamates (subject to hydrolysis) is 1. The first-order valence-corrected chi connectivity index (χ1v) is 9.37. The highest BCUT2D eigenvalue weighted by atomic mass is 32.2. The number of benzene rings is 1. The summed E-state index contributed by atoms with van der Waals surface area (Å²) in [7, 11) is -3.55. The zero-order valence-electron chi connectivity index (χ0n) is 14.9. The molecule has 1 fully saturated rings. The summed E-state index contributed by atoms with van der Waals surface area (Å²) < 4.78 is 40.5. The largest absolute Gasteiger partial charge is 0.445 e. The van der Waals surface area contributed by atoms with E-state index < -0.39 is 34.6 Å². The number of hydrogen-bond acceptors (Lipinski definition) is 7. The van der Waals surface area contributed by atoms with Crippen LogP contribution in [0.25, 0.3) is 0 Å². The number of rotatable bonds is 5. The number of carbonyl (C=O) groups is 2. The normalized spacial score (nSPS) is 18.4. The summed E-state index contributed by atoms with van der Waals surface area (Å²) in [6.07, 6.45) is 2.55. The van der Waals surface area contributed by atoms with Crippen molar-refractivity contribution in [1.29, 1.82) is 0 Å². The van der Waals surface area contributed by atoms with E-state index >= 15 is 0 Å². The zero-order chi connectivity index (χ0) is 20.6. The van der Waals surface area contributed by atoms with E-state index in [0.717, 1.165) is 12.7 Å². The van der Waals surface area contributed by atoms with Crippen molar-refractivity contribution in [2.45, 2.75) is 12.3 Å². The van der Waals surface area contributed by atoms with Gasteiger partial charge in [0.05, 0.1) is 6.54 Å². The fraction of sp³-hybridized carbons (Fsp3) is 0.235. The number of nitrogens with zero attached hydrogens (tertiary/aromatic N) is 2. The number of ether oxygens (including phenoxy) is 2. The number of β-lactam (4-membered cyclic amide) rings is 1. The molecule has 1 aliphatic rings. The van der Waals surface area contributed by atoms with Crippen molar-refractivity contribution in [1.82, 2.24) is 14.6 Å². The van der Waals surface area contributed by atoms with Crippen LogP contribution >= 0.6 is 0 Å². The molecule has 0 aliphatic carbocycles. The highest BCUT2D eigenvalue weighted by Gasteiger charge is 2.59. The van der Waals surface area contributed by atoms with Crippen molar-refractivity contribution in [3.05, 3.63) is 66.5 Å². The van der Waals surface area contributed by atoms with Gasteiger partial charge < -0.3 is 9.47 Å². The van der Waals surface area contributed by atoms with Crippen LogP contribution in [-0.2, 0) is 31.2 Å². The molecule has 0 bridgehead atoms. The minimum Gasteiger partial charge on any atom is -0.445 e. The van der Waals surface area contributed by atoms with Crippen molar-refractivity contribution in [3.63, 3.8) is 0 Å². The molecular formula is C17H19N3O7S. The van der Waals surface area contributed by atoms with Crippen LogP contribution in [-0.4, -0.2) is 53.6 Å². The van der Waals surface area contributed by atoms with E-state index in [-0.39, 0.29) is 10.9 Å². The van der Waals surface area contributed by atoms with Gasteiger partial charge in [0, 0.05) is 19.5 Å². The molecule has 2 N–H and O–H groups in total. The van der Waals surface area contributed by atoms with Crippen LogP contribution in [0, 0.1) is 0 Å². The van der Waals surface area contributed by atoms with E-state index in [9.17, 15) is 18.0 Å². The summed E-state index contributed by atoms with van der Waals surface area (Å²) in [5.41, 5.74) is -1.12. The van der Waals surface area contributed by atoms with E-state index in [1.54, 1.807) is 42.7 Å². The number of pyridine rings is 1. The Morgan fingerprint density at radius 3 is 2.25 bits per heavy atom. The Morgan fingerprint density at radius 1 is 1.21 bits per heavy atom. The quantitative estimate of drug-likeness (QED) is 0.424. The molecule has 2 amide bonds. The lowest BCUT2D eigenvalue weighted by Gasteiger charge is -2.44. The van der Waals surface area contributed by atoms with Crippen molar-refractivity contribution in [2.24, 2.45) is 0 Å². The van der Waals surface area contributed by atoms with Crippen molar-refractivity contribution in [3.8, 4) is 0 Å². The Hall–Kier alpha value is -3.02. The van der Waals surface area contributed by atoms with Crippen LogP contribution in [0.15, 0.2) is 60.9 Å². The van der Waals surface area contributed by atoms with Gasteiger partial charge in [-0.2, -0.15) is 8.42 Å². The molecule has 3 rings (SSSR count). The number of aromatic nitrogens is 1. The Kier molecular flexibility index (Phi) is 7.04. The van der Waals surface area contributed by atoms with E-state index in [2.05, 4.69) is 10.3 Å². The highest BCUT2D eigenvalue weighted by Crippen LogP contribution is 2.26. The van der Waals surface area contributed by atoms with Gasteiger partial charge in [-0.1, -0.05) is 36.4 Å². The van der Waals surface area contributed by atoms with Crippen LogP contribution in [0.3, 0.4) is 0 Å². The molecule has 28 heavy (non-hydrogen) atoms. The van der Waals surface area contributed by atoms with Gasteiger partial charge in [0.2, 0.25) is 5.72 Å². The summed E-state index contributed by atoms with van der Waals surface area (Å²) in [6, 6.07) is 14.6. The number of hydrogen-bond donors (Lipinski definition) is 2. The fourth-order valence-corrected chi connectivity index (χ4v) is 2.87. The maximum atomic E-state index is 11.8. The molecule has 1 saturated heterocycles. The number of nitrogens with one attached hydrogen (secondary N) is 1. The van der Waals surface area contributed by atoms with Gasteiger partial charge in [-0.3, -0.25) is 19.6 Å². The Labute approximate surface area is 162 Å². The third-order valence-electron chi connectivity index (χ3n) is 3.65. The molecule has 1 atom stereocenters. The fourth-order valence-electron chi connectivity index (χ4n) is 2.17. The van der Waals surface area contributed by atoms with Crippen LogP contribution in [0.1, 0.15) is 5.56 Å². The minimum atomic E-state index is -4.68. The molecule has 150 valence electrons. The summed E-state index contributed by atoms with van der Waals surface area (Å²) >= 11 is 0. The summed E-state index contributed by atoms with van der Waals surface area (Å²) in [6.45, 7) is -0.565. The Bertz CT molecular complexity index is 867. The first-order valence-electron chi connectivity index (χ1n) is 7.97. The Morgan fingerprint density at radius 2 is 1.82 bits per heavy atom. The lowest BCUT2D eigenvalue weighted by atomic mass is 10.1. The lowest BCUT2D eigenvalue weighted by Crippen LogP contribution is -2.76. The van der Waals surface area contributed by atoms with Gasteiger partial charge in [0.1, 0.15) is 6.61 Å². The van der Waals surface area contributed by atoms with E-state index in [4.69, 9.17) is 14.0 Å². The molecular weight excluding hydrogens is 390 g/mol. The SMILES string of the molecule is COC1(NC(=O)OCc2ccccc2)CN(S(=O)(=O)O)C1=O.c1ccncc1. The lowest BCUT2D eigenvalue weighted by molar-refractivity contribution is -0.175. The second kappa shape index (κ2) is 9.26. The van der Waals surface area contributed by atoms with Gasteiger partial charge >= 0.3 is 16.4 Å². The average Bonchev–Trinajstić information content (AvgIpc) is 2.70. The molecule has 0 saturated carbocycles. The number of amides is 2. The predicted octanol–water partition coefficient (Wildman–Crippen LogP) is 0.982. The summed E-state index contributed by atoms with van der Waals surface area (Å²) in [5.74, 6) is -1.10. The topological polar surface area (TPSA) is 135 Å². The van der Waals surface area contributed by atoms with Crippen LogP contribution < -0.4 is 5.32 Å². The van der Waals surface area contributed by atoms with Crippen LogP contribution in [0.4, 0.5) is 4.79 Å². The molecule has 1 unspecified atom stereocenters. The molecule has 1 aromatic heterocycles. The summed E-state index contributed by atoms with van der Waals surface area (Å²) in [5, 5.41) is 2.15. The van der Waals surface area contributed by atoms with Crippen molar-refractivity contribution in [2.75, 3.05) is 13.7 Å². The molecule has 1 aliphatic heterocycles. The standard InChI is InChI=1S/C12H14N2O7S.C5H5N/c1-20-12(8-14(10(12)15)22(17,18)19)13-11(16)21-7-9-5-3-2-4-6-9;1-2-4-6-5-3-1/h2-6H,7-8H2,1H3,(H,13,16)(H,17,18,19);1-5H. The van der Waals surface area contributed by atoms with Crippen molar-refractivity contribution >= 4 is 22.3 Å². The third-order valence-corrected chi connectivity index (χ3v) is 4.50.